The highest BCUT2D eigenvalue weighted by atomic mass is 16.4. The molecule has 0 radical (unpaired) electrons. The maximum atomic E-state index is 11.0. The molecule has 0 amide bonds. The van der Waals surface area contributed by atoms with Crippen LogP contribution in [0.15, 0.2) is 0 Å². The quantitative estimate of drug-likeness (QED) is 0.739. The third-order valence-electron chi connectivity index (χ3n) is 3.41. The van der Waals surface area contributed by atoms with Gasteiger partial charge in [-0.2, -0.15) is 0 Å². The van der Waals surface area contributed by atoms with E-state index in [0.717, 1.165) is 19.3 Å². The summed E-state index contributed by atoms with van der Waals surface area (Å²) in [6.45, 7) is 1.91. The molecule has 1 unspecified atom stereocenters. The van der Waals surface area contributed by atoms with Crippen LogP contribution in [0.3, 0.4) is 0 Å². The molecule has 0 aromatic carbocycles. The molecule has 1 aliphatic carbocycles. The summed E-state index contributed by atoms with van der Waals surface area (Å²) < 4.78 is 0. The summed E-state index contributed by atoms with van der Waals surface area (Å²) in [6.07, 6.45) is 7.33. The molecule has 1 rings (SSSR count). The van der Waals surface area contributed by atoms with E-state index in [4.69, 9.17) is 5.11 Å². The Balaban J connectivity index is 2.52. The summed E-state index contributed by atoms with van der Waals surface area (Å²) in [5.41, 5.74) is -1.48. The van der Waals surface area contributed by atoms with E-state index in [9.17, 15) is 9.90 Å². The van der Waals surface area contributed by atoms with Crippen molar-refractivity contribution >= 4 is 5.97 Å². The lowest BCUT2D eigenvalue weighted by Crippen LogP contribution is -2.40. The highest BCUT2D eigenvalue weighted by Crippen LogP contribution is 2.32. The fourth-order valence-electron chi connectivity index (χ4n) is 2.58. The summed E-state index contributed by atoms with van der Waals surface area (Å²) in [5, 5.41) is 19.1. The summed E-state index contributed by atoms with van der Waals surface area (Å²) in [4.78, 5) is 11.0. The van der Waals surface area contributed by atoms with Crippen molar-refractivity contribution < 1.29 is 15.0 Å². The third-order valence-corrected chi connectivity index (χ3v) is 3.41. The normalized spacial score (nSPS) is 22.3. The van der Waals surface area contributed by atoms with Gasteiger partial charge in [0, 0.05) is 0 Å². The van der Waals surface area contributed by atoms with E-state index in [1.165, 1.54) is 19.3 Å². The average Bonchev–Trinajstić information content (AvgIpc) is 2.19. The number of rotatable bonds is 5. The number of hydrogen-bond acceptors (Lipinski definition) is 2. The van der Waals surface area contributed by atoms with Crippen LogP contribution in [0, 0.1) is 5.92 Å². The zero-order chi connectivity index (χ0) is 11.3. The molecule has 3 heteroatoms. The summed E-state index contributed by atoms with van der Waals surface area (Å²) in [5.74, 6) is -0.638. The van der Waals surface area contributed by atoms with Crippen LogP contribution in [0.25, 0.3) is 0 Å². The first kappa shape index (κ1) is 12.5. The second-order valence-electron chi connectivity index (χ2n) is 4.79. The number of aliphatic carboxylic acids is 1. The predicted molar refractivity (Wildman–Crippen MR) is 58.7 cm³/mol. The Morgan fingerprint density at radius 2 is 1.93 bits per heavy atom. The molecule has 0 saturated heterocycles. The van der Waals surface area contributed by atoms with Crippen molar-refractivity contribution in [3.8, 4) is 0 Å². The molecule has 15 heavy (non-hydrogen) atoms. The molecular formula is C12H22O3. The summed E-state index contributed by atoms with van der Waals surface area (Å²) in [6, 6.07) is 0. The van der Waals surface area contributed by atoms with Gasteiger partial charge < -0.3 is 10.2 Å². The molecular weight excluding hydrogens is 192 g/mol. The van der Waals surface area contributed by atoms with Gasteiger partial charge in [-0.15, -0.1) is 0 Å². The van der Waals surface area contributed by atoms with Crippen molar-refractivity contribution in [2.45, 2.75) is 63.9 Å². The monoisotopic (exact) mass is 214 g/mol. The molecule has 0 bridgehead atoms. The van der Waals surface area contributed by atoms with E-state index in [1.807, 2.05) is 6.92 Å². The zero-order valence-corrected chi connectivity index (χ0v) is 9.54. The summed E-state index contributed by atoms with van der Waals surface area (Å²) in [7, 11) is 0. The minimum atomic E-state index is -1.48. The number of carboxylic acid groups (broad SMARTS) is 1. The van der Waals surface area contributed by atoms with E-state index in [0.29, 0.717) is 18.8 Å². The van der Waals surface area contributed by atoms with Gasteiger partial charge in [0.05, 0.1) is 0 Å². The van der Waals surface area contributed by atoms with Crippen LogP contribution in [0.4, 0.5) is 0 Å². The smallest absolute Gasteiger partial charge is 0.335 e. The van der Waals surface area contributed by atoms with Gasteiger partial charge in [0.2, 0.25) is 0 Å². The zero-order valence-electron chi connectivity index (χ0n) is 9.54. The van der Waals surface area contributed by atoms with Gasteiger partial charge in [0.1, 0.15) is 0 Å². The second kappa shape index (κ2) is 5.50. The molecule has 3 nitrogen and oxygen atoms in total. The lowest BCUT2D eigenvalue weighted by molar-refractivity contribution is -0.161. The van der Waals surface area contributed by atoms with E-state index in [2.05, 4.69) is 0 Å². The van der Waals surface area contributed by atoms with Crippen LogP contribution in [-0.2, 0) is 4.79 Å². The van der Waals surface area contributed by atoms with Crippen molar-refractivity contribution in [1.82, 2.24) is 0 Å². The molecule has 0 spiro atoms. The minimum Gasteiger partial charge on any atom is -0.479 e. The highest BCUT2D eigenvalue weighted by Gasteiger charge is 2.37. The van der Waals surface area contributed by atoms with Gasteiger partial charge in [-0.1, -0.05) is 45.4 Å². The van der Waals surface area contributed by atoms with Crippen molar-refractivity contribution in [1.29, 1.82) is 0 Å². The molecule has 1 aliphatic rings. The third kappa shape index (κ3) is 3.49. The molecule has 0 heterocycles. The molecule has 2 N–H and O–H groups in total. The largest absolute Gasteiger partial charge is 0.479 e. The predicted octanol–water partition coefficient (Wildman–Crippen LogP) is 2.57. The van der Waals surface area contributed by atoms with E-state index >= 15 is 0 Å². The molecule has 0 aromatic heterocycles. The first-order chi connectivity index (χ1) is 7.08. The second-order valence-corrected chi connectivity index (χ2v) is 4.79. The maximum absolute atomic E-state index is 11.0. The van der Waals surface area contributed by atoms with Crippen LogP contribution in [0.5, 0.6) is 0 Å². The van der Waals surface area contributed by atoms with Crippen LogP contribution < -0.4 is 0 Å². The van der Waals surface area contributed by atoms with Gasteiger partial charge in [0.25, 0.3) is 0 Å². The molecule has 1 saturated carbocycles. The molecule has 0 aliphatic heterocycles. The standard InChI is InChI=1S/C12H22O3/c1-2-8-12(15,11(13)14)9-10-6-4-3-5-7-10/h10,15H,2-9H2,1H3,(H,13,14). The van der Waals surface area contributed by atoms with E-state index in [1.54, 1.807) is 0 Å². The Hall–Kier alpha value is -0.570. The molecule has 1 atom stereocenters. The topological polar surface area (TPSA) is 57.5 Å². The highest BCUT2D eigenvalue weighted by molar-refractivity contribution is 5.77. The Labute approximate surface area is 91.5 Å². The first-order valence-corrected chi connectivity index (χ1v) is 6.04. The van der Waals surface area contributed by atoms with Crippen LogP contribution >= 0.6 is 0 Å². The van der Waals surface area contributed by atoms with Crippen molar-refractivity contribution in [3.63, 3.8) is 0 Å². The Morgan fingerprint density at radius 3 is 2.40 bits per heavy atom. The average molecular weight is 214 g/mol. The number of carboxylic acids is 1. The number of aliphatic hydroxyl groups is 1. The van der Waals surface area contributed by atoms with Gasteiger partial charge in [0.15, 0.2) is 5.60 Å². The van der Waals surface area contributed by atoms with Crippen LogP contribution in [0.2, 0.25) is 0 Å². The molecule has 88 valence electrons. The van der Waals surface area contributed by atoms with Crippen molar-refractivity contribution in [2.24, 2.45) is 5.92 Å². The van der Waals surface area contributed by atoms with Gasteiger partial charge >= 0.3 is 5.97 Å². The maximum Gasteiger partial charge on any atom is 0.335 e. The van der Waals surface area contributed by atoms with Gasteiger partial charge in [-0.25, -0.2) is 4.79 Å². The first-order valence-electron chi connectivity index (χ1n) is 6.04. The number of hydrogen-bond donors (Lipinski definition) is 2. The Morgan fingerprint density at radius 1 is 1.33 bits per heavy atom. The van der Waals surface area contributed by atoms with Crippen LogP contribution in [-0.4, -0.2) is 21.8 Å². The van der Waals surface area contributed by atoms with E-state index in [-0.39, 0.29) is 0 Å². The van der Waals surface area contributed by atoms with Gasteiger partial charge in [-0.05, 0) is 18.8 Å². The van der Waals surface area contributed by atoms with Crippen molar-refractivity contribution in [3.05, 3.63) is 0 Å². The molecule has 1 fully saturated rings. The lowest BCUT2D eigenvalue weighted by Gasteiger charge is -2.30. The van der Waals surface area contributed by atoms with Crippen LogP contribution in [0.1, 0.15) is 58.3 Å². The fourth-order valence-corrected chi connectivity index (χ4v) is 2.58. The number of carbonyl (C=O) groups is 1. The minimum absolute atomic E-state index is 0.374. The Kier molecular flexibility index (Phi) is 4.58. The Bertz CT molecular complexity index is 209. The fraction of sp³-hybridized carbons (Fsp3) is 0.917. The SMILES string of the molecule is CCCC(O)(CC1CCCCC1)C(=O)O. The van der Waals surface area contributed by atoms with E-state index < -0.39 is 11.6 Å². The van der Waals surface area contributed by atoms with Crippen molar-refractivity contribution in [2.75, 3.05) is 0 Å². The molecule has 0 aromatic rings. The van der Waals surface area contributed by atoms with Gasteiger partial charge in [-0.3, -0.25) is 0 Å². The summed E-state index contributed by atoms with van der Waals surface area (Å²) >= 11 is 0. The lowest BCUT2D eigenvalue weighted by atomic mass is 9.79.